The van der Waals surface area contributed by atoms with Gasteiger partial charge in [0.05, 0.1) is 13.2 Å². The predicted molar refractivity (Wildman–Crippen MR) is 77.5 cm³/mol. The maximum atomic E-state index is 12.5. The minimum absolute atomic E-state index is 0.0354. The fraction of sp³-hybridized carbons (Fsp3) is 0.714. The van der Waals surface area contributed by atoms with Gasteiger partial charge in [0, 0.05) is 30.8 Å². The Labute approximate surface area is 123 Å². The summed E-state index contributed by atoms with van der Waals surface area (Å²) in [5.41, 5.74) is 1.53. The molecule has 6 heteroatoms. The van der Waals surface area contributed by atoms with Crippen LogP contribution in [0.1, 0.15) is 36.0 Å². The number of aromatic nitrogens is 2. The van der Waals surface area contributed by atoms with Gasteiger partial charge in [-0.2, -0.15) is 0 Å². The summed E-state index contributed by atoms with van der Waals surface area (Å²) in [5.74, 6) is 1.18. The molecule has 2 heterocycles. The van der Waals surface area contributed by atoms with E-state index >= 15 is 0 Å². The highest BCUT2D eigenvalue weighted by atomic mass is 35.5. The molecule has 0 radical (unpaired) electrons. The fourth-order valence-electron chi connectivity index (χ4n) is 2.56. The molecule has 112 valence electrons. The van der Waals surface area contributed by atoms with Crippen LogP contribution in [-0.2, 0) is 22.4 Å². The molecule has 0 amide bonds. The van der Waals surface area contributed by atoms with Gasteiger partial charge in [-0.05, 0) is 26.2 Å². The van der Waals surface area contributed by atoms with Gasteiger partial charge >= 0.3 is 0 Å². The van der Waals surface area contributed by atoms with Crippen LogP contribution in [0.2, 0.25) is 0 Å². The number of halogens is 1. The summed E-state index contributed by atoms with van der Waals surface area (Å²) < 4.78 is 12.5. The standard InChI is InChI=1S/C14H21ClN2O3/c1-10-11(5-6-15)14(18)17-7-3-4-12(13(17)16-10)20-9-8-19-2/h12H,3-9H2,1-2H3. The maximum absolute atomic E-state index is 12.5. The number of hydrogen-bond donors (Lipinski definition) is 0. The lowest BCUT2D eigenvalue weighted by Crippen LogP contribution is -2.34. The van der Waals surface area contributed by atoms with E-state index in [1.165, 1.54) is 0 Å². The van der Waals surface area contributed by atoms with E-state index in [-0.39, 0.29) is 11.7 Å². The molecule has 20 heavy (non-hydrogen) atoms. The van der Waals surface area contributed by atoms with Crippen molar-refractivity contribution in [2.45, 2.75) is 38.8 Å². The number of alkyl halides is 1. The monoisotopic (exact) mass is 300 g/mol. The molecule has 5 nitrogen and oxygen atoms in total. The molecule has 0 spiro atoms. The summed E-state index contributed by atoms with van der Waals surface area (Å²) in [6.07, 6.45) is 2.27. The molecule has 1 aliphatic heterocycles. The quantitative estimate of drug-likeness (QED) is 0.594. The number of rotatable bonds is 6. The second-order valence-corrected chi connectivity index (χ2v) is 5.30. The van der Waals surface area contributed by atoms with E-state index in [1.807, 2.05) is 6.92 Å². The van der Waals surface area contributed by atoms with Crippen molar-refractivity contribution in [2.24, 2.45) is 0 Å². The van der Waals surface area contributed by atoms with Crippen LogP contribution in [0.4, 0.5) is 0 Å². The largest absolute Gasteiger partial charge is 0.382 e. The summed E-state index contributed by atoms with van der Waals surface area (Å²) in [5, 5.41) is 0. The molecular weight excluding hydrogens is 280 g/mol. The van der Waals surface area contributed by atoms with Crippen molar-refractivity contribution in [3.63, 3.8) is 0 Å². The SMILES string of the molecule is COCCOC1CCCn2c1nc(C)c(CCCl)c2=O. The Morgan fingerprint density at radius 3 is 2.95 bits per heavy atom. The number of aryl methyl sites for hydroxylation is 1. The zero-order valence-corrected chi connectivity index (χ0v) is 12.8. The summed E-state index contributed by atoms with van der Waals surface area (Å²) in [4.78, 5) is 17.1. The van der Waals surface area contributed by atoms with Crippen molar-refractivity contribution in [1.29, 1.82) is 0 Å². The van der Waals surface area contributed by atoms with Crippen LogP contribution < -0.4 is 5.56 Å². The second-order valence-electron chi connectivity index (χ2n) is 4.92. The van der Waals surface area contributed by atoms with Crippen LogP contribution in [-0.4, -0.2) is 35.8 Å². The third kappa shape index (κ3) is 3.22. The molecule has 1 aromatic rings. The van der Waals surface area contributed by atoms with Crippen LogP contribution in [0.25, 0.3) is 0 Å². The smallest absolute Gasteiger partial charge is 0.257 e. The minimum Gasteiger partial charge on any atom is -0.382 e. The summed E-state index contributed by atoms with van der Waals surface area (Å²) >= 11 is 5.76. The fourth-order valence-corrected chi connectivity index (χ4v) is 2.75. The Hall–Kier alpha value is -0.910. The number of ether oxygens (including phenoxy) is 2. The molecule has 1 aliphatic rings. The third-order valence-electron chi connectivity index (χ3n) is 3.59. The molecule has 0 fully saturated rings. The molecule has 0 aromatic carbocycles. The van der Waals surface area contributed by atoms with Crippen molar-refractivity contribution in [2.75, 3.05) is 26.2 Å². The molecule has 0 saturated heterocycles. The zero-order chi connectivity index (χ0) is 14.5. The van der Waals surface area contributed by atoms with E-state index in [2.05, 4.69) is 4.98 Å². The Kier molecular flexibility index (Phi) is 5.57. The highest BCUT2D eigenvalue weighted by Gasteiger charge is 2.25. The Morgan fingerprint density at radius 2 is 2.25 bits per heavy atom. The van der Waals surface area contributed by atoms with Crippen molar-refractivity contribution in [1.82, 2.24) is 9.55 Å². The van der Waals surface area contributed by atoms with Crippen LogP contribution >= 0.6 is 11.6 Å². The lowest BCUT2D eigenvalue weighted by molar-refractivity contribution is -0.00249. The molecule has 0 aliphatic carbocycles. The van der Waals surface area contributed by atoms with Crippen LogP contribution in [0, 0.1) is 6.92 Å². The van der Waals surface area contributed by atoms with Gasteiger partial charge in [-0.15, -0.1) is 11.6 Å². The predicted octanol–water partition coefficient (Wildman–Crippen LogP) is 1.83. The third-order valence-corrected chi connectivity index (χ3v) is 3.77. The van der Waals surface area contributed by atoms with Gasteiger partial charge < -0.3 is 9.47 Å². The van der Waals surface area contributed by atoms with Crippen LogP contribution in [0.15, 0.2) is 4.79 Å². The van der Waals surface area contributed by atoms with E-state index in [9.17, 15) is 4.79 Å². The Balaban J connectivity index is 2.30. The van der Waals surface area contributed by atoms with Crippen molar-refractivity contribution < 1.29 is 9.47 Å². The first-order chi connectivity index (χ1) is 9.69. The van der Waals surface area contributed by atoms with Gasteiger partial charge in [0.25, 0.3) is 5.56 Å². The lowest BCUT2D eigenvalue weighted by atomic mass is 10.1. The molecule has 0 saturated carbocycles. The number of methoxy groups -OCH3 is 1. The number of nitrogens with zero attached hydrogens (tertiary/aromatic N) is 2. The minimum atomic E-state index is -0.115. The average Bonchev–Trinajstić information content (AvgIpc) is 2.44. The van der Waals surface area contributed by atoms with E-state index < -0.39 is 0 Å². The topological polar surface area (TPSA) is 53.4 Å². The normalized spacial score (nSPS) is 18.1. The summed E-state index contributed by atoms with van der Waals surface area (Å²) in [6, 6.07) is 0. The molecule has 1 atom stereocenters. The van der Waals surface area contributed by atoms with Gasteiger partial charge in [-0.1, -0.05) is 0 Å². The molecule has 0 N–H and O–H groups in total. The van der Waals surface area contributed by atoms with Gasteiger partial charge in [0.1, 0.15) is 11.9 Å². The van der Waals surface area contributed by atoms with Crippen LogP contribution in [0.3, 0.4) is 0 Å². The van der Waals surface area contributed by atoms with Crippen LogP contribution in [0.5, 0.6) is 0 Å². The number of hydrogen-bond acceptors (Lipinski definition) is 4. The van der Waals surface area contributed by atoms with Crippen molar-refractivity contribution in [3.05, 3.63) is 27.4 Å². The van der Waals surface area contributed by atoms with Gasteiger partial charge in [-0.25, -0.2) is 4.98 Å². The van der Waals surface area contributed by atoms with E-state index in [0.29, 0.717) is 32.1 Å². The lowest BCUT2D eigenvalue weighted by Gasteiger charge is -2.27. The summed E-state index contributed by atoms with van der Waals surface area (Å²) in [6.45, 7) is 3.63. The summed E-state index contributed by atoms with van der Waals surface area (Å²) in [7, 11) is 1.64. The van der Waals surface area contributed by atoms with Crippen molar-refractivity contribution in [3.8, 4) is 0 Å². The highest BCUT2D eigenvalue weighted by Crippen LogP contribution is 2.26. The molecule has 1 unspecified atom stereocenters. The molecule has 0 bridgehead atoms. The highest BCUT2D eigenvalue weighted by molar-refractivity contribution is 6.17. The first-order valence-electron chi connectivity index (χ1n) is 6.95. The molecular formula is C14H21ClN2O3. The van der Waals surface area contributed by atoms with Gasteiger partial charge in [0.15, 0.2) is 0 Å². The first-order valence-corrected chi connectivity index (χ1v) is 7.49. The second kappa shape index (κ2) is 7.20. The van der Waals surface area contributed by atoms with E-state index in [0.717, 1.165) is 29.9 Å². The van der Waals surface area contributed by atoms with E-state index in [1.54, 1.807) is 11.7 Å². The number of fused-ring (bicyclic) bond motifs is 1. The average molecular weight is 301 g/mol. The first kappa shape index (κ1) is 15.5. The Morgan fingerprint density at radius 1 is 1.45 bits per heavy atom. The Bertz CT molecular complexity index is 516. The van der Waals surface area contributed by atoms with E-state index in [4.69, 9.17) is 21.1 Å². The maximum Gasteiger partial charge on any atom is 0.257 e. The van der Waals surface area contributed by atoms with Gasteiger partial charge in [-0.3, -0.25) is 9.36 Å². The zero-order valence-electron chi connectivity index (χ0n) is 12.0. The molecule has 2 rings (SSSR count). The van der Waals surface area contributed by atoms with Crippen molar-refractivity contribution >= 4 is 11.6 Å². The molecule has 1 aromatic heterocycles. The van der Waals surface area contributed by atoms with Gasteiger partial charge in [0.2, 0.25) is 0 Å².